The monoisotopic (exact) mass is 218 g/mol. The Morgan fingerprint density at radius 2 is 1.38 bits per heavy atom. The van der Waals surface area contributed by atoms with Crippen LogP contribution in [0, 0.1) is 0 Å². The first-order valence-corrected chi connectivity index (χ1v) is 9.34. The molecule has 0 saturated carbocycles. The van der Waals surface area contributed by atoms with Crippen molar-refractivity contribution in [3.8, 4) is 0 Å². The molecule has 0 unspecified atom stereocenters. The van der Waals surface area contributed by atoms with Gasteiger partial charge in [0.25, 0.3) is 0 Å². The SMILES string of the molecule is CC[Si](CC)(CC)O[SiH2]C(C)(C)C. The van der Waals surface area contributed by atoms with Crippen molar-refractivity contribution in [3.05, 3.63) is 0 Å². The summed E-state index contributed by atoms with van der Waals surface area (Å²) in [4.78, 5) is 0. The first-order valence-electron chi connectivity index (χ1n) is 5.53. The molecule has 0 aromatic rings. The van der Waals surface area contributed by atoms with E-state index in [9.17, 15) is 0 Å². The summed E-state index contributed by atoms with van der Waals surface area (Å²) in [6.07, 6.45) is 0. The van der Waals surface area contributed by atoms with E-state index in [1.807, 2.05) is 0 Å². The molecule has 0 bridgehead atoms. The van der Waals surface area contributed by atoms with Crippen LogP contribution in [-0.4, -0.2) is 18.1 Å². The van der Waals surface area contributed by atoms with Crippen molar-refractivity contribution in [1.29, 1.82) is 0 Å². The van der Waals surface area contributed by atoms with Gasteiger partial charge in [-0.15, -0.1) is 0 Å². The van der Waals surface area contributed by atoms with Gasteiger partial charge < -0.3 is 4.12 Å². The Labute approximate surface area is 87.3 Å². The zero-order chi connectivity index (χ0) is 10.5. The van der Waals surface area contributed by atoms with E-state index in [0.29, 0.717) is 5.04 Å². The highest BCUT2D eigenvalue weighted by atomic mass is 28.4. The summed E-state index contributed by atoms with van der Waals surface area (Å²) >= 11 is 0. The van der Waals surface area contributed by atoms with Gasteiger partial charge >= 0.3 is 0 Å². The van der Waals surface area contributed by atoms with E-state index in [-0.39, 0.29) is 9.76 Å². The molecule has 3 heteroatoms. The van der Waals surface area contributed by atoms with Crippen molar-refractivity contribution in [2.75, 3.05) is 0 Å². The Morgan fingerprint density at radius 3 is 1.62 bits per heavy atom. The number of hydrogen-bond donors (Lipinski definition) is 0. The van der Waals surface area contributed by atoms with Crippen LogP contribution in [0.3, 0.4) is 0 Å². The molecule has 0 heterocycles. The van der Waals surface area contributed by atoms with Crippen LogP contribution in [0.1, 0.15) is 41.5 Å². The second-order valence-electron chi connectivity index (χ2n) is 5.09. The van der Waals surface area contributed by atoms with E-state index < -0.39 is 8.32 Å². The van der Waals surface area contributed by atoms with E-state index >= 15 is 0 Å². The second-order valence-corrected chi connectivity index (χ2v) is 13.1. The van der Waals surface area contributed by atoms with Gasteiger partial charge in [-0.1, -0.05) is 41.5 Å². The molecule has 0 radical (unpaired) electrons. The lowest BCUT2D eigenvalue weighted by Crippen LogP contribution is -2.39. The van der Waals surface area contributed by atoms with Crippen molar-refractivity contribution in [2.45, 2.75) is 64.7 Å². The summed E-state index contributed by atoms with van der Waals surface area (Å²) in [6.45, 7) is 13.8. The molecular weight excluding hydrogens is 192 g/mol. The molecule has 0 aliphatic carbocycles. The minimum absolute atomic E-state index is 0.326. The Hall–Kier alpha value is 0.394. The van der Waals surface area contributed by atoms with Crippen molar-refractivity contribution in [2.24, 2.45) is 0 Å². The lowest BCUT2D eigenvalue weighted by atomic mass is 10.3. The molecule has 0 aliphatic heterocycles. The lowest BCUT2D eigenvalue weighted by Gasteiger charge is -2.32. The standard InChI is InChI=1S/C10H26OSi2/c1-7-13(8-2,9-3)11-12-10(4,5)6/h7-9,12H2,1-6H3. The van der Waals surface area contributed by atoms with Crippen molar-refractivity contribution in [1.82, 2.24) is 0 Å². The first-order chi connectivity index (χ1) is 5.89. The van der Waals surface area contributed by atoms with Gasteiger partial charge in [0.1, 0.15) is 0 Å². The number of rotatable bonds is 5. The summed E-state index contributed by atoms with van der Waals surface area (Å²) in [6, 6.07) is 3.88. The largest absolute Gasteiger partial charge is 0.460 e. The van der Waals surface area contributed by atoms with E-state index in [1.165, 1.54) is 18.1 Å². The molecule has 13 heavy (non-hydrogen) atoms. The quantitative estimate of drug-likeness (QED) is 0.643. The second kappa shape index (κ2) is 5.32. The molecule has 80 valence electrons. The van der Waals surface area contributed by atoms with Crippen molar-refractivity contribution >= 4 is 18.1 Å². The summed E-state index contributed by atoms with van der Waals surface area (Å²) in [5.74, 6) is 0. The van der Waals surface area contributed by atoms with Crippen LogP contribution >= 0.6 is 0 Å². The van der Waals surface area contributed by atoms with Gasteiger partial charge in [-0.2, -0.15) is 0 Å². The predicted molar refractivity (Wildman–Crippen MR) is 66.5 cm³/mol. The van der Waals surface area contributed by atoms with Crippen LogP contribution in [0.5, 0.6) is 0 Å². The third-order valence-corrected chi connectivity index (χ3v) is 10.5. The molecular formula is C10H26OSi2. The third-order valence-electron chi connectivity index (χ3n) is 2.74. The molecule has 0 rings (SSSR count). The fraction of sp³-hybridized carbons (Fsp3) is 1.00. The minimum atomic E-state index is -1.27. The van der Waals surface area contributed by atoms with Gasteiger partial charge in [0.05, 0.1) is 0 Å². The highest BCUT2D eigenvalue weighted by Gasteiger charge is 2.29. The maximum atomic E-state index is 6.32. The molecule has 0 aromatic heterocycles. The van der Waals surface area contributed by atoms with Gasteiger partial charge in [0, 0.05) is 0 Å². The molecule has 1 nitrogen and oxygen atoms in total. The highest BCUT2D eigenvalue weighted by molar-refractivity contribution is 6.77. The molecule has 0 aromatic carbocycles. The average molecular weight is 218 g/mol. The van der Waals surface area contributed by atoms with Crippen LogP contribution in [0.2, 0.25) is 23.2 Å². The van der Waals surface area contributed by atoms with Gasteiger partial charge in [0.15, 0.2) is 18.1 Å². The van der Waals surface area contributed by atoms with E-state index in [0.717, 1.165) is 0 Å². The van der Waals surface area contributed by atoms with Crippen LogP contribution in [-0.2, 0) is 4.12 Å². The van der Waals surface area contributed by atoms with Crippen LogP contribution in [0.4, 0.5) is 0 Å². The fourth-order valence-corrected chi connectivity index (χ4v) is 8.33. The molecule has 0 atom stereocenters. The topological polar surface area (TPSA) is 9.23 Å². The van der Waals surface area contributed by atoms with Gasteiger partial charge in [0.2, 0.25) is 0 Å². The molecule has 0 amide bonds. The summed E-state index contributed by atoms with van der Waals surface area (Å²) in [5, 5.41) is 0.456. The maximum Gasteiger partial charge on any atom is 0.178 e. The third kappa shape index (κ3) is 4.98. The zero-order valence-electron chi connectivity index (χ0n) is 10.2. The van der Waals surface area contributed by atoms with Crippen molar-refractivity contribution in [3.63, 3.8) is 0 Å². The van der Waals surface area contributed by atoms with Gasteiger partial charge in [-0.25, -0.2) is 0 Å². The first kappa shape index (κ1) is 13.4. The normalized spacial score (nSPS) is 14.3. The summed E-state index contributed by atoms with van der Waals surface area (Å²) < 4.78 is 6.32. The molecule has 0 N–H and O–H groups in total. The van der Waals surface area contributed by atoms with Crippen LogP contribution in [0.25, 0.3) is 0 Å². The zero-order valence-corrected chi connectivity index (χ0v) is 12.7. The fourth-order valence-electron chi connectivity index (χ4n) is 1.43. The van der Waals surface area contributed by atoms with E-state index in [4.69, 9.17) is 4.12 Å². The average Bonchev–Trinajstić information content (AvgIpc) is 2.06. The van der Waals surface area contributed by atoms with Crippen LogP contribution in [0.15, 0.2) is 0 Å². The van der Waals surface area contributed by atoms with Gasteiger partial charge in [-0.3, -0.25) is 0 Å². The maximum absolute atomic E-state index is 6.32. The molecule has 0 saturated heterocycles. The number of hydrogen-bond acceptors (Lipinski definition) is 1. The smallest absolute Gasteiger partial charge is 0.178 e. The highest BCUT2D eigenvalue weighted by Crippen LogP contribution is 2.27. The van der Waals surface area contributed by atoms with Crippen LogP contribution < -0.4 is 0 Å². The molecule has 0 fully saturated rings. The van der Waals surface area contributed by atoms with E-state index in [1.54, 1.807) is 0 Å². The van der Waals surface area contributed by atoms with E-state index in [2.05, 4.69) is 41.5 Å². The predicted octanol–water partition coefficient (Wildman–Crippen LogP) is 3.31. The molecule has 0 aliphatic rings. The Morgan fingerprint density at radius 1 is 1.00 bits per heavy atom. The Bertz CT molecular complexity index is 128. The summed E-state index contributed by atoms with van der Waals surface area (Å²) in [7, 11) is -1.59. The molecule has 0 spiro atoms. The van der Waals surface area contributed by atoms with Gasteiger partial charge in [-0.05, 0) is 23.2 Å². The Kier molecular flexibility index (Phi) is 5.48. The Balaban J connectivity index is 4.11. The lowest BCUT2D eigenvalue weighted by molar-refractivity contribution is 0.524. The summed E-state index contributed by atoms with van der Waals surface area (Å²) in [5.41, 5.74) is 0. The minimum Gasteiger partial charge on any atom is -0.460 e. The van der Waals surface area contributed by atoms with Crippen molar-refractivity contribution < 1.29 is 4.12 Å².